The van der Waals surface area contributed by atoms with Crippen molar-refractivity contribution < 1.29 is 4.42 Å². The van der Waals surface area contributed by atoms with Gasteiger partial charge in [0.2, 0.25) is 5.89 Å². The molecule has 0 aliphatic carbocycles. The van der Waals surface area contributed by atoms with Gasteiger partial charge in [-0.25, -0.2) is 4.98 Å². The Balaban J connectivity index is 2.02. The van der Waals surface area contributed by atoms with Crippen LogP contribution in [0.5, 0.6) is 0 Å². The van der Waals surface area contributed by atoms with Crippen molar-refractivity contribution in [3.05, 3.63) is 30.0 Å². The van der Waals surface area contributed by atoms with Crippen LogP contribution in [-0.4, -0.2) is 26.5 Å². The maximum atomic E-state index is 5.67. The molecule has 0 atom stereocenters. The second kappa shape index (κ2) is 4.23. The Hall–Kier alpha value is -2.21. The fourth-order valence-corrected chi connectivity index (χ4v) is 1.78. The van der Waals surface area contributed by atoms with E-state index in [0.29, 0.717) is 24.7 Å². The second-order valence-electron chi connectivity index (χ2n) is 4.15. The monoisotopic (exact) mass is 243 g/mol. The number of oxazole rings is 1. The van der Waals surface area contributed by atoms with Crippen LogP contribution in [0.15, 0.2) is 28.8 Å². The lowest BCUT2D eigenvalue weighted by Crippen LogP contribution is -2.10. The summed E-state index contributed by atoms with van der Waals surface area (Å²) >= 11 is 0. The number of aromatic nitrogens is 4. The Bertz CT molecular complexity index is 685. The third-order valence-electron chi connectivity index (χ3n) is 2.66. The molecule has 1 aromatic carbocycles. The van der Waals surface area contributed by atoms with Gasteiger partial charge in [0.15, 0.2) is 11.3 Å². The summed E-state index contributed by atoms with van der Waals surface area (Å²) in [5.41, 5.74) is 8.80. The third kappa shape index (κ3) is 1.86. The topological polar surface area (TPSA) is 82.8 Å². The SMILES string of the molecule is Cc1ccc2nc(-c3cn(CCN)nn3)oc2c1. The average Bonchev–Trinajstić information content (AvgIpc) is 2.94. The third-order valence-corrected chi connectivity index (χ3v) is 2.66. The quantitative estimate of drug-likeness (QED) is 0.750. The van der Waals surface area contributed by atoms with E-state index >= 15 is 0 Å². The van der Waals surface area contributed by atoms with Crippen molar-refractivity contribution in [1.82, 2.24) is 20.0 Å². The summed E-state index contributed by atoms with van der Waals surface area (Å²) in [5.74, 6) is 0.485. The summed E-state index contributed by atoms with van der Waals surface area (Å²) in [5, 5.41) is 7.98. The first-order chi connectivity index (χ1) is 8.76. The minimum Gasteiger partial charge on any atom is -0.435 e. The zero-order valence-corrected chi connectivity index (χ0v) is 10.00. The Morgan fingerprint density at radius 1 is 1.39 bits per heavy atom. The highest BCUT2D eigenvalue weighted by atomic mass is 16.3. The standard InChI is InChI=1S/C12H13N5O/c1-8-2-3-9-11(6-8)18-12(14-9)10-7-17(5-4-13)16-15-10/h2-3,6-7H,4-5,13H2,1H3. The lowest BCUT2D eigenvalue weighted by Gasteiger charge is -1.92. The van der Waals surface area contributed by atoms with Crippen molar-refractivity contribution in [3.8, 4) is 11.6 Å². The fraction of sp³-hybridized carbons (Fsp3) is 0.250. The molecule has 6 heteroatoms. The van der Waals surface area contributed by atoms with E-state index in [2.05, 4.69) is 15.3 Å². The Kier molecular flexibility index (Phi) is 2.56. The molecule has 2 heterocycles. The molecule has 0 aliphatic heterocycles. The summed E-state index contributed by atoms with van der Waals surface area (Å²) in [6, 6.07) is 5.89. The highest BCUT2D eigenvalue weighted by molar-refractivity contribution is 5.76. The molecule has 0 saturated heterocycles. The van der Waals surface area contributed by atoms with E-state index in [4.69, 9.17) is 10.2 Å². The molecule has 0 radical (unpaired) electrons. The number of hydrogen-bond acceptors (Lipinski definition) is 5. The van der Waals surface area contributed by atoms with Gasteiger partial charge in [-0.2, -0.15) is 0 Å². The van der Waals surface area contributed by atoms with Gasteiger partial charge >= 0.3 is 0 Å². The summed E-state index contributed by atoms with van der Waals surface area (Å²) in [6.45, 7) is 3.17. The van der Waals surface area contributed by atoms with Crippen LogP contribution in [0.25, 0.3) is 22.7 Å². The highest BCUT2D eigenvalue weighted by Crippen LogP contribution is 2.23. The summed E-state index contributed by atoms with van der Waals surface area (Å²) in [6.07, 6.45) is 1.78. The van der Waals surface area contributed by atoms with Crippen molar-refractivity contribution in [3.63, 3.8) is 0 Å². The van der Waals surface area contributed by atoms with Crippen molar-refractivity contribution in [2.45, 2.75) is 13.5 Å². The van der Waals surface area contributed by atoms with Gasteiger partial charge < -0.3 is 10.2 Å². The minimum absolute atomic E-state index is 0.485. The predicted molar refractivity (Wildman–Crippen MR) is 66.8 cm³/mol. The van der Waals surface area contributed by atoms with Gasteiger partial charge in [-0.15, -0.1) is 5.10 Å². The summed E-state index contributed by atoms with van der Waals surface area (Å²) < 4.78 is 7.34. The van der Waals surface area contributed by atoms with Crippen molar-refractivity contribution in [2.75, 3.05) is 6.54 Å². The molecule has 2 aromatic heterocycles. The zero-order chi connectivity index (χ0) is 12.5. The van der Waals surface area contributed by atoms with Gasteiger partial charge in [-0.05, 0) is 24.6 Å². The van der Waals surface area contributed by atoms with Crippen LogP contribution in [0.1, 0.15) is 5.56 Å². The number of fused-ring (bicyclic) bond motifs is 1. The van der Waals surface area contributed by atoms with E-state index in [0.717, 1.165) is 16.7 Å². The maximum absolute atomic E-state index is 5.67. The van der Waals surface area contributed by atoms with Gasteiger partial charge in [0.1, 0.15) is 5.52 Å². The summed E-state index contributed by atoms with van der Waals surface area (Å²) in [7, 11) is 0. The van der Waals surface area contributed by atoms with Crippen LogP contribution in [-0.2, 0) is 6.54 Å². The maximum Gasteiger partial charge on any atom is 0.249 e. The van der Waals surface area contributed by atoms with Gasteiger partial charge in [0.25, 0.3) is 0 Å². The molecule has 0 saturated carbocycles. The molecule has 18 heavy (non-hydrogen) atoms. The average molecular weight is 243 g/mol. The molecule has 92 valence electrons. The molecule has 0 amide bonds. The summed E-state index contributed by atoms with van der Waals surface area (Å²) in [4.78, 5) is 4.38. The van der Waals surface area contributed by atoms with Crippen molar-refractivity contribution in [2.24, 2.45) is 5.73 Å². The Labute approximate surface area is 103 Å². The van der Waals surface area contributed by atoms with Crippen LogP contribution in [0.2, 0.25) is 0 Å². The lowest BCUT2D eigenvalue weighted by atomic mass is 10.2. The number of aryl methyl sites for hydroxylation is 1. The first-order valence-electron chi connectivity index (χ1n) is 5.74. The molecule has 0 unspecified atom stereocenters. The van der Waals surface area contributed by atoms with Gasteiger partial charge in [0, 0.05) is 6.54 Å². The first kappa shape index (κ1) is 10.9. The highest BCUT2D eigenvalue weighted by Gasteiger charge is 2.11. The van der Waals surface area contributed by atoms with Crippen LogP contribution in [0.3, 0.4) is 0 Å². The number of hydrogen-bond donors (Lipinski definition) is 1. The smallest absolute Gasteiger partial charge is 0.249 e. The molecule has 2 N–H and O–H groups in total. The molecular formula is C12H13N5O. The molecule has 6 nitrogen and oxygen atoms in total. The predicted octanol–water partition coefficient (Wildman–Crippen LogP) is 1.35. The Morgan fingerprint density at radius 3 is 3.11 bits per heavy atom. The molecule has 3 aromatic rings. The van der Waals surface area contributed by atoms with Crippen LogP contribution in [0, 0.1) is 6.92 Å². The number of rotatable bonds is 3. The normalized spacial score (nSPS) is 11.2. The molecular weight excluding hydrogens is 230 g/mol. The van der Waals surface area contributed by atoms with E-state index in [1.165, 1.54) is 0 Å². The van der Waals surface area contributed by atoms with Gasteiger partial charge in [-0.3, -0.25) is 4.68 Å². The van der Waals surface area contributed by atoms with Gasteiger partial charge in [-0.1, -0.05) is 11.3 Å². The number of nitrogens with zero attached hydrogens (tertiary/aromatic N) is 4. The molecule has 0 fully saturated rings. The van der Waals surface area contributed by atoms with E-state index in [1.807, 2.05) is 25.1 Å². The van der Waals surface area contributed by atoms with Crippen molar-refractivity contribution in [1.29, 1.82) is 0 Å². The Morgan fingerprint density at radius 2 is 2.28 bits per heavy atom. The molecule has 3 rings (SSSR count). The molecule has 0 aliphatic rings. The van der Waals surface area contributed by atoms with E-state index in [-0.39, 0.29) is 0 Å². The fourth-order valence-electron chi connectivity index (χ4n) is 1.78. The van der Waals surface area contributed by atoms with Gasteiger partial charge in [0.05, 0.1) is 12.7 Å². The van der Waals surface area contributed by atoms with E-state index < -0.39 is 0 Å². The van der Waals surface area contributed by atoms with Crippen LogP contribution >= 0.6 is 0 Å². The number of nitrogens with two attached hydrogens (primary N) is 1. The second-order valence-corrected chi connectivity index (χ2v) is 4.15. The van der Waals surface area contributed by atoms with E-state index in [1.54, 1.807) is 10.9 Å². The van der Waals surface area contributed by atoms with Crippen LogP contribution in [0.4, 0.5) is 0 Å². The zero-order valence-electron chi connectivity index (χ0n) is 10.00. The first-order valence-corrected chi connectivity index (χ1v) is 5.74. The molecule has 0 spiro atoms. The number of benzene rings is 1. The van der Waals surface area contributed by atoms with Crippen molar-refractivity contribution >= 4 is 11.1 Å². The lowest BCUT2D eigenvalue weighted by molar-refractivity contribution is 0.598. The largest absolute Gasteiger partial charge is 0.435 e. The van der Waals surface area contributed by atoms with Crippen LogP contribution < -0.4 is 5.73 Å². The molecule has 0 bridgehead atoms. The van der Waals surface area contributed by atoms with E-state index in [9.17, 15) is 0 Å². The minimum atomic E-state index is 0.485.